The van der Waals surface area contributed by atoms with Crippen molar-refractivity contribution in [2.75, 3.05) is 6.61 Å². The quantitative estimate of drug-likeness (QED) is 0.781. The van der Waals surface area contributed by atoms with Crippen LogP contribution in [-0.4, -0.2) is 18.5 Å². The zero-order valence-corrected chi connectivity index (χ0v) is 14.3. The van der Waals surface area contributed by atoms with E-state index in [4.69, 9.17) is 4.74 Å². The maximum Gasteiger partial charge on any atom is 0.338 e. The van der Waals surface area contributed by atoms with E-state index in [0.717, 1.165) is 22.2 Å². The molecule has 1 amide bonds. The monoisotopic (exact) mass is 397 g/mol. The maximum absolute atomic E-state index is 13.0. The van der Waals surface area contributed by atoms with E-state index in [1.165, 1.54) is 0 Å². The molecule has 0 unspecified atom stereocenters. The van der Waals surface area contributed by atoms with Gasteiger partial charge < -0.3 is 10.1 Å². The molecule has 24 heavy (non-hydrogen) atoms. The number of ether oxygens (including phenoxy) is 1. The Morgan fingerprint density at radius 2 is 1.71 bits per heavy atom. The summed E-state index contributed by atoms with van der Waals surface area (Å²) in [5.74, 6) is -3.28. The largest absolute Gasteiger partial charge is 0.452 e. The molecule has 4 nitrogen and oxygen atoms in total. The Morgan fingerprint density at radius 3 is 2.29 bits per heavy atom. The highest BCUT2D eigenvalue weighted by molar-refractivity contribution is 9.10. The van der Waals surface area contributed by atoms with Crippen LogP contribution in [0.15, 0.2) is 46.9 Å². The van der Waals surface area contributed by atoms with Gasteiger partial charge in [0, 0.05) is 10.5 Å². The van der Waals surface area contributed by atoms with E-state index < -0.39 is 30.1 Å². The lowest BCUT2D eigenvalue weighted by Crippen LogP contribution is -2.31. The lowest BCUT2D eigenvalue weighted by Gasteiger charge is -2.14. The van der Waals surface area contributed by atoms with Crippen LogP contribution in [-0.2, 0) is 9.53 Å². The lowest BCUT2D eigenvalue weighted by molar-refractivity contribution is -0.124. The number of rotatable bonds is 5. The normalized spacial score (nSPS) is 11.7. The van der Waals surface area contributed by atoms with Gasteiger partial charge >= 0.3 is 5.97 Å². The number of amides is 1. The van der Waals surface area contributed by atoms with Crippen molar-refractivity contribution in [3.8, 4) is 0 Å². The SMILES string of the molecule is C[C@H](NC(=O)COC(=O)c1cc(F)cc(F)c1)c1ccc(Br)cc1. The third-order valence-corrected chi connectivity index (χ3v) is 3.71. The maximum atomic E-state index is 13.0. The van der Waals surface area contributed by atoms with E-state index in [1.54, 1.807) is 6.92 Å². The molecule has 0 aromatic heterocycles. The average Bonchev–Trinajstić information content (AvgIpc) is 2.52. The summed E-state index contributed by atoms with van der Waals surface area (Å²) in [5.41, 5.74) is 0.589. The Kier molecular flexibility index (Phi) is 6.03. The fraction of sp³-hybridized carbons (Fsp3) is 0.176. The first kappa shape index (κ1) is 18.1. The van der Waals surface area contributed by atoms with Crippen molar-refractivity contribution >= 4 is 27.8 Å². The summed E-state index contributed by atoms with van der Waals surface area (Å²) in [5, 5.41) is 2.67. The van der Waals surface area contributed by atoms with Crippen LogP contribution in [0.25, 0.3) is 0 Å². The molecule has 0 aliphatic heterocycles. The van der Waals surface area contributed by atoms with Crippen molar-refractivity contribution in [2.24, 2.45) is 0 Å². The second-order valence-electron chi connectivity index (χ2n) is 5.08. The highest BCUT2D eigenvalue weighted by Crippen LogP contribution is 2.16. The highest BCUT2D eigenvalue weighted by Gasteiger charge is 2.14. The second-order valence-corrected chi connectivity index (χ2v) is 5.99. The number of benzene rings is 2. The van der Waals surface area contributed by atoms with Crippen molar-refractivity contribution in [3.05, 3.63) is 69.7 Å². The number of hydrogen-bond donors (Lipinski definition) is 1. The minimum Gasteiger partial charge on any atom is -0.452 e. The minimum absolute atomic E-state index is 0.282. The standard InChI is InChI=1S/C17H14BrF2NO3/c1-10(11-2-4-13(18)5-3-11)21-16(22)9-24-17(23)12-6-14(19)8-15(20)7-12/h2-8,10H,9H2,1H3,(H,21,22)/t10-/m0/s1. The molecule has 126 valence electrons. The van der Waals surface area contributed by atoms with Gasteiger partial charge in [0.05, 0.1) is 11.6 Å². The highest BCUT2D eigenvalue weighted by atomic mass is 79.9. The van der Waals surface area contributed by atoms with Crippen LogP contribution < -0.4 is 5.32 Å². The molecule has 0 saturated heterocycles. The first-order chi connectivity index (χ1) is 11.3. The van der Waals surface area contributed by atoms with E-state index in [1.807, 2.05) is 24.3 Å². The summed E-state index contributed by atoms with van der Waals surface area (Å²) in [6.45, 7) is 1.24. The number of hydrogen-bond acceptors (Lipinski definition) is 3. The van der Waals surface area contributed by atoms with Gasteiger partial charge in [-0.1, -0.05) is 28.1 Å². The lowest BCUT2D eigenvalue weighted by atomic mass is 10.1. The number of carbonyl (C=O) groups excluding carboxylic acids is 2. The van der Waals surface area contributed by atoms with Crippen molar-refractivity contribution in [1.29, 1.82) is 0 Å². The number of halogens is 3. The summed E-state index contributed by atoms with van der Waals surface area (Å²) in [6, 6.07) is 9.42. The summed E-state index contributed by atoms with van der Waals surface area (Å²) < 4.78 is 31.8. The summed E-state index contributed by atoms with van der Waals surface area (Å²) in [6.07, 6.45) is 0. The van der Waals surface area contributed by atoms with Crippen LogP contribution in [0.5, 0.6) is 0 Å². The molecule has 0 bridgehead atoms. The molecule has 1 N–H and O–H groups in total. The van der Waals surface area contributed by atoms with Gasteiger partial charge in [0.15, 0.2) is 6.61 Å². The molecule has 7 heteroatoms. The smallest absolute Gasteiger partial charge is 0.338 e. The van der Waals surface area contributed by atoms with Crippen molar-refractivity contribution < 1.29 is 23.1 Å². The molecule has 0 saturated carbocycles. The van der Waals surface area contributed by atoms with Gasteiger partial charge in [-0.2, -0.15) is 0 Å². The van der Waals surface area contributed by atoms with Gasteiger partial charge in [-0.3, -0.25) is 4.79 Å². The predicted octanol–water partition coefficient (Wildman–Crippen LogP) is 3.76. The van der Waals surface area contributed by atoms with Crippen LogP contribution in [0.3, 0.4) is 0 Å². The molecule has 0 spiro atoms. The van der Waals surface area contributed by atoms with Crippen molar-refractivity contribution in [2.45, 2.75) is 13.0 Å². The second kappa shape index (κ2) is 8.01. The molecule has 0 heterocycles. The first-order valence-electron chi connectivity index (χ1n) is 7.03. The van der Waals surface area contributed by atoms with Crippen LogP contribution in [0.2, 0.25) is 0 Å². The average molecular weight is 398 g/mol. The van der Waals surface area contributed by atoms with E-state index >= 15 is 0 Å². The molecule has 2 aromatic rings. The zero-order chi connectivity index (χ0) is 17.7. The third kappa shape index (κ3) is 5.13. The topological polar surface area (TPSA) is 55.4 Å². The predicted molar refractivity (Wildman–Crippen MR) is 87.3 cm³/mol. The van der Waals surface area contributed by atoms with Gasteiger partial charge in [-0.15, -0.1) is 0 Å². The summed E-state index contributed by atoms with van der Waals surface area (Å²) >= 11 is 3.32. The zero-order valence-electron chi connectivity index (χ0n) is 12.7. The van der Waals surface area contributed by atoms with Gasteiger partial charge in [0.2, 0.25) is 0 Å². The Labute approximate surface area is 145 Å². The molecular weight excluding hydrogens is 384 g/mol. The van der Waals surface area contributed by atoms with E-state index in [-0.39, 0.29) is 11.6 Å². The molecular formula is C17H14BrF2NO3. The minimum atomic E-state index is -0.972. The molecule has 1 atom stereocenters. The van der Waals surface area contributed by atoms with Crippen LogP contribution in [0.4, 0.5) is 8.78 Å². The van der Waals surface area contributed by atoms with Crippen LogP contribution >= 0.6 is 15.9 Å². The summed E-state index contributed by atoms with van der Waals surface area (Å²) in [4.78, 5) is 23.5. The summed E-state index contributed by atoms with van der Waals surface area (Å²) in [7, 11) is 0. The Bertz CT molecular complexity index is 730. The van der Waals surface area contributed by atoms with Crippen molar-refractivity contribution in [3.63, 3.8) is 0 Å². The Balaban J connectivity index is 1.88. The fourth-order valence-electron chi connectivity index (χ4n) is 2.00. The number of carbonyl (C=O) groups is 2. The van der Waals surface area contributed by atoms with Crippen LogP contribution in [0.1, 0.15) is 28.9 Å². The van der Waals surface area contributed by atoms with E-state index in [2.05, 4.69) is 21.2 Å². The van der Waals surface area contributed by atoms with Gasteiger partial charge in [0.25, 0.3) is 5.91 Å². The van der Waals surface area contributed by atoms with Gasteiger partial charge in [-0.05, 0) is 36.8 Å². The van der Waals surface area contributed by atoms with E-state index in [9.17, 15) is 18.4 Å². The van der Waals surface area contributed by atoms with E-state index in [0.29, 0.717) is 6.07 Å². The molecule has 0 radical (unpaired) electrons. The number of nitrogens with one attached hydrogen (secondary N) is 1. The van der Waals surface area contributed by atoms with Gasteiger partial charge in [0.1, 0.15) is 11.6 Å². The first-order valence-corrected chi connectivity index (χ1v) is 7.82. The Morgan fingerprint density at radius 1 is 1.12 bits per heavy atom. The van der Waals surface area contributed by atoms with Crippen LogP contribution in [0, 0.1) is 11.6 Å². The molecule has 0 aliphatic rings. The molecule has 2 aromatic carbocycles. The molecule has 2 rings (SSSR count). The fourth-order valence-corrected chi connectivity index (χ4v) is 2.27. The van der Waals surface area contributed by atoms with Gasteiger partial charge in [-0.25, -0.2) is 13.6 Å². The molecule has 0 fully saturated rings. The Hall–Kier alpha value is -2.28. The van der Waals surface area contributed by atoms with Crippen molar-refractivity contribution in [1.82, 2.24) is 5.32 Å². The molecule has 0 aliphatic carbocycles. The third-order valence-electron chi connectivity index (χ3n) is 3.18. The number of esters is 1.